The quantitative estimate of drug-likeness (QED) is 0.706. The molecular formula is C16H14F2N2. The van der Waals surface area contributed by atoms with E-state index in [1.54, 1.807) is 0 Å². The highest BCUT2D eigenvalue weighted by Gasteiger charge is 2.11. The lowest BCUT2D eigenvalue weighted by molar-refractivity contribution is 0.576. The molecule has 2 aromatic carbocycles. The molecule has 0 bridgehead atoms. The molecule has 20 heavy (non-hydrogen) atoms. The number of nitrogens with zero attached hydrogens (tertiary/aromatic N) is 2. The number of aryl methyl sites for hydroxylation is 1. The number of hydrogen-bond acceptors (Lipinski definition) is 1. The van der Waals surface area contributed by atoms with Crippen molar-refractivity contribution in [2.24, 2.45) is 0 Å². The second-order valence-electron chi connectivity index (χ2n) is 4.69. The van der Waals surface area contributed by atoms with Gasteiger partial charge in [0, 0.05) is 12.0 Å². The molecule has 102 valence electrons. The number of fused-ring (bicyclic) bond motifs is 1. The Kier molecular flexibility index (Phi) is 3.22. The smallest absolute Gasteiger partial charge is 0.128 e. The first-order valence-electron chi connectivity index (χ1n) is 6.57. The van der Waals surface area contributed by atoms with Gasteiger partial charge in [-0.3, -0.25) is 0 Å². The van der Waals surface area contributed by atoms with Gasteiger partial charge in [-0.2, -0.15) is 0 Å². The summed E-state index contributed by atoms with van der Waals surface area (Å²) in [6.07, 6.45) is 0.742. The summed E-state index contributed by atoms with van der Waals surface area (Å²) in [5.41, 5.74) is 2.15. The van der Waals surface area contributed by atoms with Gasteiger partial charge < -0.3 is 4.57 Å². The zero-order chi connectivity index (χ0) is 14.1. The molecule has 0 amide bonds. The van der Waals surface area contributed by atoms with Crippen LogP contribution in [0.5, 0.6) is 0 Å². The van der Waals surface area contributed by atoms with Crippen molar-refractivity contribution >= 4 is 11.0 Å². The average molecular weight is 272 g/mol. The van der Waals surface area contributed by atoms with Crippen LogP contribution in [0.25, 0.3) is 11.0 Å². The molecule has 0 saturated carbocycles. The van der Waals surface area contributed by atoms with E-state index in [1.165, 1.54) is 6.07 Å². The van der Waals surface area contributed by atoms with Crippen LogP contribution < -0.4 is 0 Å². The third-order valence-corrected chi connectivity index (χ3v) is 3.39. The van der Waals surface area contributed by atoms with Gasteiger partial charge in [-0.1, -0.05) is 19.1 Å². The number of hydrogen-bond donors (Lipinski definition) is 0. The zero-order valence-electron chi connectivity index (χ0n) is 11.1. The summed E-state index contributed by atoms with van der Waals surface area (Å²) >= 11 is 0. The predicted octanol–water partition coefficient (Wildman–Crippen LogP) is 3.93. The van der Waals surface area contributed by atoms with Crippen LogP contribution in [0.2, 0.25) is 0 Å². The number of para-hydroxylation sites is 2. The summed E-state index contributed by atoms with van der Waals surface area (Å²) in [7, 11) is 0. The predicted molar refractivity (Wildman–Crippen MR) is 74.6 cm³/mol. The third-order valence-electron chi connectivity index (χ3n) is 3.39. The Morgan fingerprint density at radius 3 is 2.70 bits per heavy atom. The van der Waals surface area contributed by atoms with E-state index >= 15 is 0 Å². The van der Waals surface area contributed by atoms with Gasteiger partial charge in [-0.25, -0.2) is 13.8 Å². The van der Waals surface area contributed by atoms with Gasteiger partial charge in [0.1, 0.15) is 17.5 Å². The van der Waals surface area contributed by atoms with Crippen LogP contribution in [0, 0.1) is 11.6 Å². The first-order valence-corrected chi connectivity index (χ1v) is 6.57. The average Bonchev–Trinajstić information content (AvgIpc) is 2.81. The summed E-state index contributed by atoms with van der Waals surface area (Å²) in [6.45, 7) is 2.28. The summed E-state index contributed by atoms with van der Waals surface area (Å²) in [5, 5.41) is 0. The molecule has 3 rings (SSSR count). The monoisotopic (exact) mass is 272 g/mol. The Labute approximate surface area is 115 Å². The van der Waals surface area contributed by atoms with Gasteiger partial charge in [0.2, 0.25) is 0 Å². The molecule has 0 aliphatic heterocycles. The molecule has 0 N–H and O–H groups in total. The standard InChI is InChI=1S/C16H14F2N2/c1-2-16-19-14-5-3-4-6-15(14)20(16)10-11-9-12(17)7-8-13(11)18/h3-9H,2,10H2,1H3. The lowest BCUT2D eigenvalue weighted by Gasteiger charge is -2.09. The van der Waals surface area contributed by atoms with Crippen LogP contribution in [0.15, 0.2) is 42.5 Å². The van der Waals surface area contributed by atoms with Crippen molar-refractivity contribution in [1.29, 1.82) is 0 Å². The number of imidazole rings is 1. The molecule has 0 aliphatic rings. The highest BCUT2D eigenvalue weighted by molar-refractivity contribution is 5.76. The minimum Gasteiger partial charge on any atom is -0.323 e. The van der Waals surface area contributed by atoms with Crippen LogP contribution >= 0.6 is 0 Å². The fourth-order valence-corrected chi connectivity index (χ4v) is 2.41. The molecule has 0 saturated heterocycles. The molecule has 1 aromatic heterocycles. The van der Waals surface area contributed by atoms with Crippen molar-refractivity contribution < 1.29 is 8.78 Å². The zero-order valence-corrected chi connectivity index (χ0v) is 11.1. The van der Waals surface area contributed by atoms with E-state index in [0.717, 1.165) is 35.4 Å². The fraction of sp³-hybridized carbons (Fsp3) is 0.188. The van der Waals surface area contributed by atoms with E-state index in [2.05, 4.69) is 4.98 Å². The molecule has 0 radical (unpaired) electrons. The summed E-state index contributed by atoms with van der Waals surface area (Å²) in [4.78, 5) is 4.53. The molecular weight excluding hydrogens is 258 g/mol. The summed E-state index contributed by atoms with van der Waals surface area (Å²) in [6, 6.07) is 11.2. The third kappa shape index (κ3) is 2.18. The van der Waals surface area contributed by atoms with Crippen molar-refractivity contribution in [2.75, 3.05) is 0 Å². The molecule has 3 aromatic rings. The van der Waals surface area contributed by atoms with Crippen molar-refractivity contribution in [3.05, 3.63) is 65.5 Å². The lowest BCUT2D eigenvalue weighted by Crippen LogP contribution is -2.06. The Bertz CT molecular complexity index is 762. The number of halogens is 2. The van der Waals surface area contributed by atoms with E-state index in [4.69, 9.17) is 0 Å². The van der Waals surface area contributed by atoms with E-state index < -0.39 is 11.6 Å². The number of aromatic nitrogens is 2. The Morgan fingerprint density at radius 1 is 1.10 bits per heavy atom. The van der Waals surface area contributed by atoms with Crippen molar-refractivity contribution in [3.63, 3.8) is 0 Å². The maximum absolute atomic E-state index is 13.8. The van der Waals surface area contributed by atoms with Crippen LogP contribution in [-0.2, 0) is 13.0 Å². The maximum atomic E-state index is 13.8. The summed E-state index contributed by atoms with van der Waals surface area (Å²) < 4.78 is 29.0. The van der Waals surface area contributed by atoms with Gasteiger partial charge in [0.05, 0.1) is 17.6 Å². The van der Waals surface area contributed by atoms with E-state index in [0.29, 0.717) is 5.56 Å². The van der Waals surface area contributed by atoms with E-state index in [1.807, 2.05) is 35.8 Å². The Balaban J connectivity index is 2.12. The molecule has 1 heterocycles. The largest absolute Gasteiger partial charge is 0.323 e. The second kappa shape index (κ2) is 5.04. The highest BCUT2D eigenvalue weighted by Crippen LogP contribution is 2.20. The van der Waals surface area contributed by atoms with Crippen LogP contribution in [0.1, 0.15) is 18.3 Å². The van der Waals surface area contributed by atoms with Crippen LogP contribution in [-0.4, -0.2) is 9.55 Å². The first-order chi connectivity index (χ1) is 9.69. The molecule has 0 fully saturated rings. The molecule has 0 unspecified atom stereocenters. The maximum Gasteiger partial charge on any atom is 0.128 e. The highest BCUT2D eigenvalue weighted by atomic mass is 19.1. The Morgan fingerprint density at radius 2 is 1.90 bits per heavy atom. The number of rotatable bonds is 3. The molecule has 2 nitrogen and oxygen atoms in total. The van der Waals surface area contributed by atoms with Gasteiger partial charge in [0.15, 0.2) is 0 Å². The Hall–Kier alpha value is -2.23. The molecule has 4 heteroatoms. The SMILES string of the molecule is CCc1nc2ccccc2n1Cc1cc(F)ccc1F. The van der Waals surface area contributed by atoms with E-state index in [9.17, 15) is 8.78 Å². The minimum absolute atomic E-state index is 0.285. The summed E-state index contributed by atoms with van der Waals surface area (Å²) in [5.74, 6) is 0.0463. The fourth-order valence-electron chi connectivity index (χ4n) is 2.41. The topological polar surface area (TPSA) is 17.8 Å². The van der Waals surface area contributed by atoms with E-state index in [-0.39, 0.29) is 6.54 Å². The van der Waals surface area contributed by atoms with Gasteiger partial charge in [0.25, 0.3) is 0 Å². The lowest BCUT2D eigenvalue weighted by atomic mass is 10.2. The number of benzene rings is 2. The van der Waals surface area contributed by atoms with Gasteiger partial charge in [-0.05, 0) is 30.3 Å². The normalized spacial score (nSPS) is 11.2. The second-order valence-corrected chi connectivity index (χ2v) is 4.69. The van der Waals surface area contributed by atoms with Gasteiger partial charge >= 0.3 is 0 Å². The van der Waals surface area contributed by atoms with Crippen molar-refractivity contribution in [2.45, 2.75) is 19.9 Å². The van der Waals surface area contributed by atoms with Gasteiger partial charge in [-0.15, -0.1) is 0 Å². The first kappa shape index (κ1) is 12.8. The molecule has 0 aliphatic carbocycles. The molecule has 0 spiro atoms. The molecule has 0 atom stereocenters. The minimum atomic E-state index is -0.427. The van der Waals surface area contributed by atoms with Crippen molar-refractivity contribution in [3.8, 4) is 0 Å². The van der Waals surface area contributed by atoms with Crippen molar-refractivity contribution in [1.82, 2.24) is 9.55 Å². The van der Waals surface area contributed by atoms with Crippen LogP contribution in [0.4, 0.5) is 8.78 Å². The van der Waals surface area contributed by atoms with Crippen LogP contribution in [0.3, 0.4) is 0 Å².